The first-order valence-electron chi connectivity index (χ1n) is 11.0. The zero-order valence-corrected chi connectivity index (χ0v) is 20.0. The molecule has 0 spiro atoms. The molecule has 0 saturated heterocycles. The van der Waals surface area contributed by atoms with Gasteiger partial charge in [0.2, 0.25) is 5.88 Å². The van der Waals surface area contributed by atoms with Crippen LogP contribution in [0.25, 0.3) is 16.6 Å². The molecule has 2 aromatic carbocycles. The number of aliphatic hydroxyl groups excluding tert-OH is 2. The van der Waals surface area contributed by atoms with Crippen molar-refractivity contribution in [2.24, 2.45) is 7.05 Å². The summed E-state index contributed by atoms with van der Waals surface area (Å²) in [6.07, 6.45) is 6.42. The first kappa shape index (κ1) is 23.0. The van der Waals surface area contributed by atoms with Gasteiger partial charge in [-0.05, 0) is 41.5 Å². The van der Waals surface area contributed by atoms with Crippen LogP contribution in [0.1, 0.15) is 34.1 Å². The van der Waals surface area contributed by atoms with Gasteiger partial charge in [-0.15, -0.1) is 0 Å². The summed E-state index contributed by atoms with van der Waals surface area (Å²) in [5.74, 6) is 0.397. The fourth-order valence-corrected chi connectivity index (χ4v) is 4.53. The molecule has 3 aromatic heterocycles. The predicted octanol–water partition coefficient (Wildman–Crippen LogP) is 3.98. The highest BCUT2D eigenvalue weighted by Crippen LogP contribution is 2.37. The third kappa shape index (κ3) is 4.27. The minimum Gasteiger partial charge on any atom is -0.481 e. The number of pyridine rings is 1. The van der Waals surface area contributed by atoms with Crippen molar-refractivity contribution in [3.8, 4) is 11.6 Å². The molecule has 1 atom stereocenters. The number of hydrogen-bond donors (Lipinski definition) is 2. The van der Waals surface area contributed by atoms with Crippen LogP contribution in [-0.4, -0.2) is 41.6 Å². The van der Waals surface area contributed by atoms with Gasteiger partial charge in [-0.3, -0.25) is 0 Å². The van der Waals surface area contributed by atoms with Gasteiger partial charge in [0.1, 0.15) is 6.10 Å². The molecular weight excluding hydrogens is 466 g/mol. The fourth-order valence-electron chi connectivity index (χ4n) is 4.24. The van der Waals surface area contributed by atoms with E-state index < -0.39 is 6.10 Å². The molecule has 0 radical (unpaired) electrons. The first-order chi connectivity index (χ1) is 17.0. The molecule has 5 rings (SSSR count). The molecule has 8 nitrogen and oxygen atoms in total. The maximum Gasteiger partial charge on any atom is 0.218 e. The third-order valence-electron chi connectivity index (χ3n) is 6.08. The number of ether oxygens (including phenoxy) is 1. The van der Waals surface area contributed by atoms with Crippen molar-refractivity contribution in [1.82, 2.24) is 24.3 Å². The van der Waals surface area contributed by atoms with Gasteiger partial charge in [0.15, 0.2) is 0 Å². The Labute approximate surface area is 207 Å². The summed E-state index contributed by atoms with van der Waals surface area (Å²) < 4.78 is 9.13. The van der Waals surface area contributed by atoms with Gasteiger partial charge in [-0.1, -0.05) is 23.7 Å². The van der Waals surface area contributed by atoms with Crippen molar-refractivity contribution in [3.05, 3.63) is 100 Å². The van der Waals surface area contributed by atoms with Crippen LogP contribution in [0.5, 0.6) is 5.88 Å². The molecule has 35 heavy (non-hydrogen) atoms. The van der Waals surface area contributed by atoms with Crippen LogP contribution in [0.2, 0.25) is 5.02 Å². The Kier molecular flexibility index (Phi) is 6.25. The summed E-state index contributed by atoms with van der Waals surface area (Å²) in [6, 6.07) is 13.4. The predicted molar refractivity (Wildman–Crippen MR) is 133 cm³/mol. The van der Waals surface area contributed by atoms with Gasteiger partial charge in [-0.25, -0.2) is 14.6 Å². The van der Waals surface area contributed by atoms with Gasteiger partial charge in [-0.2, -0.15) is 5.10 Å². The van der Waals surface area contributed by atoms with E-state index in [1.807, 2.05) is 49.6 Å². The molecule has 0 amide bonds. The monoisotopic (exact) mass is 489 g/mol. The van der Waals surface area contributed by atoms with Gasteiger partial charge in [0.25, 0.3) is 0 Å². The number of halogens is 1. The normalized spacial score (nSPS) is 12.3. The Balaban J connectivity index is 1.58. The average Bonchev–Trinajstić information content (AvgIpc) is 3.57. The highest BCUT2D eigenvalue weighted by atomic mass is 35.5. The molecular formula is C26H24ClN5O3. The summed E-state index contributed by atoms with van der Waals surface area (Å²) in [6.45, 7) is -0.261. The van der Waals surface area contributed by atoms with Crippen molar-refractivity contribution in [2.75, 3.05) is 7.11 Å². The van der Waals surface area contributed by atoms with Crippen molar-refractivity contribution in [2.45, 2.75) is 19.1 Å². The van der Waals surface area contributed by atoms with Crippen LogP contribution in [0, 0.1) is 0 Å². The number of imidazole rings is 1. The van der Waals surface area contributed by atoms with Crippen LogP contribution >= 0.6 is 11.6 Å². The zero-order valence-electron chi connectivity index (χ0n) is 19.3. The van der Waals surface area contributed by atoms with E-state index in [0.717, 1.165) is 16.8 Å². The Morgan fingerprint density at radius 1 is 1.17 bits per heavy atom. The minimum atomic E-state index is -0.936. The molecule has 2 N–H and O–H groups in total. The van der Waals surface area contributed by atoms with E-state index in [0.29, 0.717) is 45.0 Å². The lowest BCUT2D eigenvalue weighted by Gasteiger charge is -2.18. The van der Waals surface area contributed by atoms with Crippen LogP contribution in [0.15, 0.2) is 67.4 Å². The molecule has 0 bridgehead atoms. The molecule has 9 heteroatoms. The Bertz CT molecular complexity index is 1480. The zero-order chi connectivity index (χ0) is 24.5. The molecule has 1 unspecified atom stereocenters. The third-order valence-corrected chi connectivity index (χ3v) is 6.52. The number of hydrogen-bond acceptors (Lipinski definition) is 6. The van der Waals surface area contributed by atoms with E-state index in [4.69, 9.17) is 16.3 Å². The van der Waals surface area contributed by atoms with E-state index >= 15 is 0 Å². The number of aromatic nitrogens is 5. The van der Waals surface area contributed by atoms with Crippen LogP contribution in [0.4, 0.5) is 0 Å². The average molecular weight is 490 g/mol. The lowest BCUT2D eigenvalue weighted by atomic mass is 9.97. The Morgan fingerprint density at radius 3 is 2.60 bits per heavy atom. The molecule has 0 aliphatic heterocycles. The highest BCUT2D eigenvalue weighted by molar-refractivity contribution is 6.36. The van der Waals surface area contributed by atoms with E-state index in [1.165, 1.54) is 0 Å². The topological polar surface area (TPSA) is 98.2 Å². The second kappa shape index (κ2) is 9.50. The maximum absolute atomic E-state index is 11.0. The van der Waals surface area contributed by atoms with Gasteiger partial charge < -0.3 is 19.5 Å². The van der Waals surface area contributed by atoms with Crippen molar-refractivity contribution in [3.63, 3.8) is 0 Å². The number of methoxy groups -OCH3 is 1. The second-order valence-electron chi connectivity index (χ2n) is 8.27. The number of rotatable bonds is 7. The van der Waals surface area contributed by atoms with E-state index in [1.54, 1.807) is 41.1 Å². The summed E-state index contributed by atoms with van der Waals surface area (Å²) in [5.41, 5.74) is 5.01. The fraction of sp³-hybridized carbons (Fsp3) is 0.192. The van der Waals surface area contributed by atoms with Gasteiger partial charge in [0, 0.05) is 42.4 Å². The standard InChI is InChI=1S/C26H24ClN5O3/c1-31-15-28-13-22(31)25(34)17-11-18(14-33)24-20(12-17)23(27)21(26(30-24)35-2)10-16-4-6-19(7-5-16)32-9-3-8-29-32/h3-9,11-13,15,25,33-34H,10,14H2,1-2H3. The largest absolute Gasteiger partial charge is 0.481 e. The second-order valence-corrected chi connectivity index (χ2v) is 8.65. The molecule has 178 valence electrons. The molecule has 0 aliphatic carbocycles. The SMILES string of the molecule is COc1nc2c(CO)cc(C(O)c3cncn3C)cc2c(Cl)c1Cc1ccc(-n2cccn2)cc1. The van der Waals surface area contributed by atoms with Crippen molar-refractivity contribution in [1.29, 1.82) is 0 Å². The van der Waals surface area contributed by atoms with Crippen LogP contribution < -0.4 is 4.74 Å². The van der Waals surface area contributed by atoms with E-state index in [9.17, 15) is 10.2 Å². The summed E-state index contributed by atoms with van der Waals surface area (Å²) in [5, 5.41) is 26.4. The highest BCUT2D eigenvalue weighted by Gasteiger charge is 2.21. The van der Waals surface area contributed by atoms with E-state index in [2.05, 4.69) is 15.1 Å². The number of aryl methyl sites for hydroxylation is 1. The molecule has 0 fully saturated rings. The minimum absolute atomic E-state index is 0.261. The van der Waals surface area contributed by atoms with Gasteiger partial charge in [0.05, 0.1) is 48.2 Å². The van der Waals surface area contributed by atoms with E-state index in [-0.39, 0.29) is 6.61 Å². The Morgan fingerprint density at radius 2 is 1.97 bits per heavy atom. The number of aliphatic hydroxyl groups is 2. The number of fused-ring (bicyclic) bond motifs is 1. The Hall–Kier alpha value is -3.72. The number of benzene rings is 2. The smallest absolute Gasteiger partial charge is 0.218 e. The van der Waals surface area contributed by atoms with Crippen molar-refractivity contribution < 1.29 is 14.9 Å². The summed E-state index contributed by atoms with van der Waals surface area (Å²) in [7, 11) is 3.36. The maximum atomic E-state index is 11.0. The first-order valence-corrected chi connectivity index (χ1v) is 11.4. The molecule has 3 heterocycles. The number of nitrogens with zero attached hydrogens (tertiary/aromatic N) is 5. The van der Waals surface area contributed by atoms with Crippen LogP contribution in [0.3, 0.4) is 0 Å². The lowest BCUT2D eigenvalue weighted by molar-refractivity contribution is 0.211. The van der Waals surface area contributed by atoms with Crippen molar-refractivity contribution >= 4 is 22.5 Å². The molecule has 0 aliphatic rings. The lowest BCUT2D eigenvalue weighted by Crippen LogP contribution is -2.07. The summed E-state index contributed by atoms with van der Waals surface area (Å²) in [4.78, 5) is 8.77. The van der Waals surface area contributed by atoms with Gasteiger partial charge >= 0.3 is 0 Å². The molecule has 5 aromatic rings. The molecule has 0 saturated carbocycles. The quantitative estimate of drug-likeness (QED) is 0.359. The van der Waals surface area contributed by atoms with Crippen LogP contribution in [-0.2, 0) is 20.1 Å². The summed E-state index contributed by atoms with van der Waals surface area (Å²) >= 11 is 6.93.